The van der Waals surface area contributed by atoms with Crippen LogP contribution in [0.1, 0.15) is 47.6 Å². The monoisotopic (exact) mass is 395 g/mol. The van der Waals surface area contributed by atoms with Crippen molar-refractivity contribution >= 4 is 5.91 Å². The predicted octanol–water partition coefficient (Wildman–Crippen LogP) is 1.41. The molecule has 1 atom stereocenters. The Morgan fingerprint density at radius 2 is 2.14 bits per heavy atom. The lowest BCUT2D eigenvalue weighted by Gasteiger charge is -2.31. The van der Waals surface area contributed by atoms with E-state index < -0.39 is 0 Å². The Morgan fingerprint density at radius 1 is 1.31 bits per heavy atom. The quantitative estimate of drug-likeness (QED) is 0.584. The van der Waals surface area contributed by atoms with Gasteiger partial charge in [0.1, 0.15) is 5.82 Å². The Morgan fingerprint density at radius 3 is 2.86 bits per heavy atom. The van der Waals surface area contributed by atoms with E-state index in [0.29, 0.717) is 24.5 Å². The first-order chi connectivity index (χ1) is 14.1. The third-order valence-corrected chi connectivity index (χ3v) is 5.16. The van der Waals surface area contributed by atoms with Crippen molar-refractivity contribution in [2.45, 2.75) is 32.2 Å². The summed E-state index contributed by atoms with van der Waals surface area (Å²) in [5, 5.41) is 14.1. The second-order valence-electron chi connectivity index (χ2n) is 7.27. The SMILES string of the molecule is CCNC(=O)c1cn(-c2ccccc2)nc1[C@@H]1CCCN(Cc2n[nH]c(=O)[nH]2)C1. The smallest absolute Gasteiger partial charge is 0.340 e. The third kappa shape index (κ3) is 4.29. The van der Waals surface area contributed by atoms with Crippen LogP contribution >= 0.6 is 0 Å². The molecule has 3 heterocycles. The van der Waals surface area contributed by atoms with Crippen LogP contribution < -0.4 is 11.0 Å². The van der Waals surface area contributed by atoms with Crippen LogP contribution in [0.2, 0.25) is 0 Å². The third-order valence-electron chi connectivity index (χ3n) is 5.16. The van der Waals surface area contributed by atoms with Crippen molar-refractivity contribution in [2.24, 2.45) is 0 Å². The van der Waals surface area contributed by atoms with Crippen LogP contribution in [0.15, 0.2) is 41.3 Å². The number of likely N-dealkylation sites (tertiary alicyclic amines) is 1. The van der Waals surface area contributed by atoms with Crippen LogP contribution in [0.4, 0.5) is 0 Å². The van der Waals surface area contributed by atoms with Gasteiger partial charge in [0, 0.05) is 25.2 Å². The van der Waals surface area contributed by atoms with E-state index in [9.17, 15) is 9.59 Å². The van der Waals surface area contributed by atoms with E-state index in [1.165, 1.54) is 0 Å². The molecule has 0 unspecified atom stereocenters. The van der Waals surface area contributed by atoms with Gasteiger partial charge in [0.05, 0.1) is 23.5 Å². The molecule has 2 aromatic heterocycles. The molecule has 4 rings (SSSR count). The van der Waals surface area contributed by atoms with Crippen molar-refractivity contribution in [3.63, 3.8) is 0 Å². The maximum Gasteiger partial charge on any atom is 0.340 e. The summed E-state index contributed by atoms with van der Waals surface area (Å²) in [6.45, 7) is 4.71. The minimum atomic E-state index is -0.298. The number of carbonyl (C=O) groups is 1. The molecule has 0 spiro atoms. The summed E-state index contributed by atoms with van der Waals surface area (Å²) in [4.78, 5) is 28.9. The molecule has 152 valence electrons. The number of H-pyrrole nitrogens is 2. The van der Waals surface area contributed by atoms with Gasteiger partial charge in [0.2, 0.25) is 0 Å². The molecule has 0 saturated carbocycles. The summed E-state index contributed by atoms with van der Waals surface area (Å²) < 4.78 is 1.78. The Labute approximate surface area is 168 Å². The number of nitrogens with zero attached hydrogens (tertiary/aromatic N) is 4. The lowest BCUT2D eigenvalue weighted by molar-refractivity contribution is 0.0953. The lowest BCUT2D eigenvalue weighted by atomic mass is 9.92. The van der Waals surface area contributed by atoms with Gasteiger partial charge in [0.15, 0.2) is 0 Å². The average molecular weight is 395 g/mol. The van der Waals surface area contributed by atoms with Gasteiger partial charge < -0.3 is 5.32 Å². The number of aromatic amines is 2. The van der Waals surface area contributed by atoms with Crippen LogP contribution in [0, 0.1) is 0 Å². The van der Waals surface area contributed by atoms with Crippen molar-refractivity contribution < 1.29 is 4.79 Å². The van der Waals surface area contributed by atoms with Gasteiger partial charge >= 0.3 is 5.69 Å². The minimum absolute atomic E-state index is 0.0987. The van der Waals surface area contributed by atoms with E-state index in [1.54, 1.807) is 4.68 Å². The van der Waals surface area contributed by atoms with Crippen LogP contribution in [-0.4, -0.2) is 55.4 Å². The number of para-hydroxylation sites is 1. The number of hydrogen-bond acceptors (Lipinski definition) is 5. The van der Waals surface area contributed by atoms with E-state index in [1.807, 2.05) is 43.5 Å². The Balaban J connectivity index is 1.60. The van der Waals surface area contributed by atoms with Crippen LogP contribution in [0.5, 0.6) is 0 Å². The molecule has 1 aliphatic heterocycles. The molecule has 1 fully saturated rings. The van der Waals surface area contributed by atoms with Gasteiger partial charge in [-0.05, 0) is 38.4 Å². The minimum Gasteiger partial charge on any atom is -0.352 e. The van der Waals surface area contributed by atoms with Crippen LogP contribution in [-0.2, 0) is 6.54 Å². The van der Waals surface area contributed by atoms with E-state index >= 15 is 0 Å². The van der Waals surface area contributed by atoms with E-state index in [4.69, 9.17) is 5.10 Å². The number of carbonyl (C=O) groups excluding carboxylic acids is 1. The van der Waals surface area contributed by atoms with Gasteiger partial charge in [-0.2, -0.15) is 10.2 Å². The zero-order chi connectivity index (χ0) is 20.2. The highest BCUT2D eigenvalue weighted by atomic mass is 16.2. The highest BCUT2D eigenvalue weighted by molar-refractivity contribution is 5.95. The molecular weight excluding hydrogens is 370 g/mol. The lowest BCUT2D eigenvalue weighted by Crippen LogP contribution is -2.35. The maximum atomic E-state index is 12.7. The Hall–Kier alpha value is -3.20. The number of rotatable bonds is 6. The largest absolute Gasteiger partial charge is 0.352 e. The Bertz CT molecular complexity index is 1020. The Kier molecular flexibility index (Phi) is 5.57. The normalized spacial score (nSPS) is 17.3. The average Bonchev–Trinajstić information content (AvgIpc) is 3.36. The molecule has 1 saturated heterocycles. The van der Waals surface area contributed by atoms with Crippen molar-refractivity contribution in [3.8, 4) is 5.69 Å². The van der Waals surface area contributed by atoms with Gasteiger partial charge in [-0.3, -0.25) is 14.7 Å². The standard InChI is InChI=1S/C20H25N7O2/c1-2-21-19(28)16-12-27(15-8-4-3-5-9-15)25-18(16)14-7-6-10-26(11-14)13-17-22-20(29)24-23-17/h3-5,8-9,12,14H,2,6-7,10-11,13H2,1H3,(H,21,28)(H2,22,23,24,29)/t14-/m1/s1. The van der Waals surface area contributed by atoms with Crippen LogP contribution in [0.3, 0.4) is 0 Å². The molecule has 9 heteroatoms. The highest BCUT2D eigenvalue weighted by Crippen LogP contribution is 2.29. The molecule has 0 radical (unpaired) electrons. The highest BCUT2D eigenvalue weighted by Gasteiger charge is 2.28. The second-order valence-corrected chi connectivity index (χ2v) is 7.27. The van der Waals surface area contributed by atoms with Crippen molar-refractivity contribution in [1.82, 2.24) is 35.2 Å². The van der Waals surface area contributed by atoms with Crippen molar-refractivity contribution in [3.05, 3.63) is 64.1 Å². The number of benzene rings is 1. The molecule has 3 N–H and O–H groups in total. The molecule has 3 aromatic rings. The molecule has 1 aliphatic rings. The molecule has 0 bridgehead atoms. The number of aromatic nitrogens is 5. The van der Waals surface area contributed by atoms with Crippen molar-refractivity contribution in [1.29, 1.82) is 0 Å². The summed E-state index contributed by atoms with van der Waals surface area (Å²) in [6.07, 6.45) is 3.78. The molecule has 1 aromatic carbocycles. The summed E-state index contributed by atoms with van der Waals surface area (Å²) in [6, 6.07) is 9.81. The van der Waals surface area contributed by atoms with Gasteiger partial charge in [-0.1, -0.05) is 18.2 Å². The number of hydrogen-bond donors (Lipinski definition) is 3. The summed E-state index contributed by atoms with van der Waals surface area (Å²) >= 11 is 0. The molecule has 0 aliphatic carbocycles. The summed E-state index contributed by atoms with van der Waals surface area (Å²) in [5.41, 5.74) is 2.07. The summed E-state index contributed by atoms with van der Waals surface area (Å²) in [7, 11) is 0. The fraction of sp³-hybridized carbons (Fsp3) is 0.400. The zero-order valence-corrected chi connectivity index (χ0v) is 16.4. The fourth-order valence-electron chi connectivity index (χ4n) is 3.85. The first kappa shape index (κ1) is 19.1. The van der Waals surface area contributed by atoms with Gasteiger partial charge in [0.25, 0.3) is 5.91 Å². The van der Waals surface area contributed by atoms with E-state index in [0.717, 1.165) is 37.3 Å². The topological polar surface area (TPSA) is 112 Å². The van der Waals surface area contributed by atoms with Gasteiger partial charge in [-0.15, -0.1) is 0 Å². The van der Waals surface area contributed by atoms with E-state index in [-0.39, 0.29) is 17.5 Å². The molecule has 29 heavy (non-hydrogen) atoms. The first-order valence-electron chi connectivity index (χ1n) is 9.93. The number of nitrogens with one attached hydrogen (secondary N) is 3. The molecule has 1 amide bonds. The number of amides is 1. The van der Waals surface area contributed by atoms with Crippen LogP contribution in [0.25, 0.3) is 5.69 Å². The fourth-order valence-corrected chi connectivity index (χ4v) is 3.85. The second kappa shape index (κ2) is 8.44. The maximum absolute atomic E-state index is 12.7. The summed E-state index contributed by atoms with van der Waals surface area (Å²) in [5.74, 6) is 0.657. The number of piperidine rings is 1. The molecular formula is C20H25N7O2. The van der Waals surface area contributed by atoms with Gasteiger partial charge in [-0.25, -0.2) is 14.6 Å². The van der Waals surface area contributed by atoms with E-state index in [2.05, 4.69) is 25.4 Å². The van der Waals surface area contributed by atoms with Crippen molar-refractivity contribution in [2.75, 3.05) is 19.6 Å². The predicted molar refractivity (Wildman–Crippen MR) is 108 cm³/mol. The first-order valence-corrected chi connectivity index (χ1v) is 9.93. The zero-order valence-electron chi connectivity index (χ0n) is 16.4. The molecule has 9 nitrogen and oxygen atoms in total.